The van der Waals surface area contributed by atoms with Gasteiger partial charge in [0.25, 0.3) is 0 Å². The number of halogens is 2. The number of methoxy groups -OCH3 is 3. The molecule has 0 fully saturated rings. The molecule has 0 amide bonds. The molecule has 41 heavy (non-hydrogen) atoms. The summed E-state index contributed by atoms with van der Waals surface area (Å²) < 4.78 is 29.3. The fourth-order valence-electron chi connectivity index (χ4n) is 5.22. The van der Waals surface area contributed by atoms with Gasteiger partial charge < -0.3 is 23.7 Å². The van der Waals surface area contributed by atoms with E-state index < -0.39 is 6.23 Å². The van der Waals surface area contributed by atoms with Crippen molar-refractivity contribution in [2.45, 2.75) is 25.3 Å². The summed E-state index contributed by atoms with van der Waals surface area (Å²) in [7, 11) is 4.85. The molecular weight excluding hydrogens is 563 g/mol. The minimum atomic E-state index is -0.569. The van der Waals surface area contributed by atoms with Gasteiger partial charge in [-0.1, -0.05) is 53.5 Å². The lowest BCUT2D eigenvalue weighted by Gasteiger charge is -2.38. The number of hydrogen-bond acceptors (Lipinski definition) is 7. The first kappa shape index (κ1) is 27.1. The van der Waals surface area contributed by atoms with Crippen LogP contribution in [0, 0.1) is 0 Å². The Kier molecular flexibility index (Phi) is 7.56. The van der Waals surface area contributed by atoms with Crippen molar-refractivity contribution in [3.05, 3.63) is 111 Å². The lowest BCUT2D eigenvalue weighted by atomic mass is 9.95. The second kappa shape index (κ2) is 11.4. The Labute approximate surface area is 248 Å². The van der Waals surface area contributed by atoms with Crippen molar-refractivity contribution in [3.8, 4) is 28.7 Å². The van der Waals surface area contributed by atoms with Crippen molar-refractivity contribution in [1.82, 2.24) is 5.01 Å². The highest BCUT2D eigenvalue weighted by Gasteiger charge is 2.42. The molecule has 4 aromatic rings. The monoisotopic (exact) mass is 590 g/mol. The minimum absolute atomic E-state index is 0.150. The summed E-state index contributed by atoms with van der Waals surface area (Å²) in [6, 6.07) is 25.0. The summed E-state index contributed by atoms with van der Waals surface area (Å²) in [4.78, 5) is 0. The largest absolute Gasteiger partial charge is 0.493 e. The number of ether oxygens (including phenoxy) is 5. The highest BCUT2D eigenvalue weighted by molar-refractivity contribution is 6.35. The SMILES string of the molecule is COc1ccc(C2=NN3C(C2)c2cc(Cl)cc(Cl)c2OC3c2ccc(OCc3ccccc3)c(OC)c2)cc1OC. The van der Waals surface area contributed by atoms with E-state index in [1.165, 1.54) is 0 Å². The third kappa shape index (κ3) is 5.23. The van der Waals surface area contributed by atoms with Crippen LogP contribution in [0.2, 0.25) is 10.0 Å². The summed E-state index contributed by atoms with van der Waals surface area (Å²) >= 11 is 13.1. The van der Waals surface area contributed by atoms with Gasteiger partial charge in [0.1, 0.15) is 12.4 Å². The molecule has 0 bridgehead atoms. The predicted molar refractivity (Wildman–Crippen MR) is 159 cm³/mol. The summed E-state index contributed by atoms with van der Waals surface area (Å²) in [5.74, 6) is 3.10. The molecule has 4 aromatic carbocycles. The minimum Gasteiger partial charge on any atom is -0.493 e. The molecule has 0 aromatic heterocycles. The van der Waals surface area contributed by atoms with Crippen LogP contribution in [-0.4, -0.2) is 32.0 Å². The lowest BCUT2D eigenvalue weighted by molar-refractivity contribution is -0.0190. The Balaban J connectivity index is 1.37. The standard InChI is InChI=1S/C32H28Cl2N2O5/c1-37-27-11-9-20(13-29(27)38-2)25-17-26-23-15-22(33)16-24(34)31(23)41-32(36(26)35-25)21-10-12-28(30(14-21)39-3)40-18-19-7-5-4-6-8-19/h4-16,26,32H,17-18H2,1-3H3. The first-order valence-electron chi connectivity index (χ1n) is 13.1. The smallest absolute Gasteiger partial charge is 0.214 e. The first-order chi connectivity index (χ1) is 20.0. The third-order valence-electron chi connectivity index (χ3n) is 7.23. The van der Waals surface area contributed by atoms with Crippen molar-refractivity contribution >= 4 is 28.9 Å². The third-order valence-corrected chi connectivity index (χ3v) is 7.73. The van der Waals surface area contributed by atoms with Crippen LogP contribution >= 0.6 is 23.2 Å². The predicted octanol–water partition coefficient (Wildman–Crippen LogP) is 7.84. The molecule has 2 aliphatic rings. The van der Waals surface area contributed by atoms with E-state index in [0.29, 0.717) is 51.8 Å². The van der Waals surface area contributed by atoms with E-state index in [1.54, 1.807) is 27.4 Å². The van der Waals surface area contributed by atoms with E-state index in [4.69, 9.17) is 52.0 Å². The number of benzene rings is 4. The highest BCUT2D eigenvalue weighted by Crippen LogP contribution is 2.51. The van der Waals surface area contributed by atoms with Crippen molar-refractivity contribution in [1.29, 1.82) is 0 Å². The Hall–Kier alpha value is -4.07. The van der Waals surface area contributed by atoms with E-state index >= 15 is 0 Å². The second-order valence-electron chi connectivity index (χ2n) is 9.68. The fourth-order valence-corrected chi connectivity index (χ4v) is 5.77. The van der Waals surface area contributed by atoms with Gasteiger partial charge in [-0.25, -0.2) is 5.01 Å². The Morgan fingerprint density at radius 1 is 0.829 bits per heavy atom. The molecule has 9 heteroatoms. The Morgan fingerprint density at radius 3 is 2.32 bits per heavy atom. The molecule has 2 atom stereocenters. The van der Waals surface area contributed by atoms with Gasteiger partial charge in [-0.05, 0) is 54.1 Å². The maximum atomic E-state index is 6.66. The Bertz CT molecular complexity index is 1610. The van der Waals surface area contributed by atoms with Crippen LogP contribution in [-0.2, 0) is 6.61 Å². The molecule has 0 saturated heterocycles. The van der Waals surface area contributed by atoms with Crippen LogP contribution in [0.1, 0.15) is 40.9 Å². The molecule has 0 spiro atoms. The van der Waals surface area contributed by atoms with E-state index in [-0.39, 0.29) is 6.04 Å². The molecule has 0 aliphatic carbocycles. The Morgan fingerprint density at radius 2 is 1.56 bits per heavy atom. The van der Waals surface area contributed by atoms with Crippen LogP contribution in [0.15, 0.2) is 84.0 Å². The van der Waals surface area contributed by atoms with Gasteiger partial charge in [0.2, 0.25) is 6.23 Å². The fraction of sp³-hybridized carbons (Fsp3) is 0.219. The number of fused-ring (bicyclic) bond motifs is 3. The zero-order valence-corrected chi connectivity index (χ0v) is 24.3. The van der Waals surface area contributed by atoms with Gasteiger partial charge in [-0.3, -0.25) is 0 Å². The summed E-state index contributed by atoms with van der Waals surface area (Å²) in [5, 5.41) is 8.00. The molecule has 2 heterocycles. The van der Waals surface area contributed by atoms with E-state index in [1.807, 2.05) is 77.8 Å². The zero-order chi connectivity index (χ0) is 28.5. The van der Waals surface area contributed by atoms with Gasteiger partial charge >= 0.3 is 0 Å². The van der Waals surface area contributed by atoms with E-state index in [2.05, 4.69) is 0 Å². The molecule has 6 rings (SSSR count). The van der Waals surface area contributed by atoms with Gasteiger partial charge in [0.15, 0.2) is 23.0 Å². The van der Waals surface area contributed by atoms with Crippen LogP contribution < -0.4 is 23.7 Å². The number of hydrazone groups is 1. The van der Waals surface area contributed by atoms with Crippen molar-refractivity contribution < 1.29 is 23.7 Å². The van der Waals surface area contributed by atoms with Crippen LogP contribution in [0.3, 0.4) is 0 Å². The average Bonchev–Trinajstić information content (AvgIpc) is 3.46. The summed E-state index contributed by atoms with van der Waals surface area (Å²) in [6.45, 7) is 0.424. The molecule has 2 aliphatic heterocycles. The van der Waals surface area contributed by atoms with E-state index in [0.717, 1.165) is 28.0 Å². The topological polar surface area (TPSA) is 61.8 Å². The maximum absolute atomic E-state index is 6.66. The molecule has 0 radical (unpaired) electrons. The highest BCUT2D eigenvalue weighted by atomic mass is 35.5. The molecule has 7 nitrogen and oxygen atoms in total. The van der Waals surface area contributed by atoms with Crippen molar-refractivity contribution in [2.75, 3.05) is 21.3 Å². The van der Waals surface area contributed by atoms with Gasteiger partial charge in [-0.2, -0.15) is 5.10 Å². The molecular formula is C32H28Cl2N2O5. The average molecular weight is 591 g/mol. The molecule has 2 unspecified atom stereocenters. The number of nitrogens with zero attached hydrogens (tertiary/aromatic N) is 2. The van der Waals surface area contributed by atoms with Crippen LogP contribution in [0.25, 0.3) is 0 Å². The zero-order valence-electron chi connectivity index (χ0n) is 22.8. The molecule has 0 N–H and O–H groups in total. The molecule has 210 valence electrons. The van der Waals surface area contributed by atoms with Crippen LogP contribution in [0.4, 0.5) is 0 Å². The van der Waals surface area contributed by atoms with Gasteiger partial charge in [-0.15, -0.1) is 0 Å². The quantitative estimate of drug-likeness (QED) is 0.208. The summed E-state index contributed by atoms with van der Waals surface area (Å²) in [5.41, 5.74) is 4.59. The van der Waals surface area contributed by atoms with Crippen molar-refractivity contribution in [3.63, 3.8) is 0 Å². The summed E-state index contributed by atoms with van der Waals surface area (Å²) in [6.07, 6.45) is 0.0508. The number of hydrogen-bond donors (Lipinski definition) is 0. The first-order valence-corrected chi connectivity index (χ1v) is 13.8. The van der Waals surface area contributed by atoms with Gasteiger partial charge in [0, 0.05) is 28.1 Å². The number of rotatable bonds is 8. The van der Waals surface area contributed by atoms with Crippen molar-refractivity contribution in [2.24, 2.45) is 5.10 Å². The second-order valence-corrected chi connectivity index (χ2v) is 10.5. The van der Waals surface area contributed by atoms with Crippen LogP contribution in [0.5, 0.6) is 28.7 Å². The normalized spacial score (nSPS) is 17.2. The van der Waals surface area contributed by atoms with E-state index in [9.17, 15) is 0 Å². The lowest BCUT2D eigenvalue weighted by Crippen LogP contribution is -2.33. The molecule has 0 saturated carbocycles. The van der Waals surface area contributed by atoms with Gasteiger partial charge in [0.05, 0.1) is 38.1 Å². The maximum Gasteiger partial charge on any atom is 0.214 e.